The summed E-state index contributed by atoms with van der Waals surface area (Å²) in [5.41, 5.74) is 0.593. The van der Waals surface area contributed by atoms with Crippen LogP contribution in [0.15, 0.2) is 59.5 Å². The molecular weight excluding hydrogens is 285 g/mol. The van der Waals surface area contributed by atoms with Gasteiger partial charge in [0.25, 0.3) is 5.56 Å². The van der Waals surface area contributed by atoms with E-state index in [4.69, 9.17) is 4.74 Å². The lowest BCUT2D eigenvalue weighted by atomic mass is 10.1. The van der Waals surface area contributed by atoms with E-state index in [9.17, 15) is 14.0 Å². The first kappa shape index (κ1) is 14.0. The molecule has 0 amide bonds. The second kappa shape index (κ2) is 5.81. The van der Waals surface area contributed by atoms with Gasteiger partial charge < -0.3 is 9.72 Å². The Hall–Kier alpha value is -2.95. The van der Waals surface area contributed by atoms with Crippen LogP contribution >= 0.6 is 0 Å². The zero-order chi connectivity index (χ0) is 15.5. The van der Waals surface area contributed by atoms with Gasteiger partial charge >= 0.3 is 5.97 Å². The van der Waals surface area contributed by atoms with Crippen molar-refractivity contribution in [2.45, 2.75) is 6.61 Å². The Morgan fingerprint density at radius 3 is 2.64 bits per heavy atom. The first-order valence-electron chi connectivity index (χ1n) is 6.67. The van der Waals surface area contributed by atoms with Gasteiger partial charge in [-0.2, -0.15) is 0 Å². The van der Waals surface area contributed by atoms with Crippen molar-refractivity contribution in [1.29, 1.82) is 0 Å². The molecule has 0 aliphatic heterocycles. The van der Waals surface area contributed by atoms with Crippen LogP contribution in [0.3, 0.4) is 0 Å². The maximum atomic E-state index is 13.4. The predicted octanol–water partition coefficient (Wildman–Crippen LogP) is 3.02. The molecule has 0 saturated heterocycles. The van der Waals surface area contributed by atoms with Crippen LogP contribution in [0, 0.1) is 5.82 Å². The summed E-state index contributed by atoms with van der Waals surface area (Å²) >= 11 is 0. The minimum Gasteiger partial charge on any atom is -0.457 e. The Balaban J connectivity index is 1.92. The summed E-state index contributed by atoms with van der Waals surface area (Å²) < 4.78 is 18.6. The van der Waals surface area contributed by atoms with Crippen LogP contribution in [0.5, 0.6) is 0 Å². The lowest BCUT2D eigenvalue weighted by molar-refractivity contribution is 0.0474. The van der Waals surface area contributed by atoms with E-state index in [0.29, 0.717) is 0 Å². The van der Waals surface area contributed by atoms with Gasteiger partial charge in [-0.3, -0.25) is 4.79 Å². The van der Waals surface area contributed by atoms with Crippen molar-refractivity contribution in [2.24, 2.45) is 0 Å². The molecule has 0 aliphatic rings. The molecule has 0 saturated carbocycles. The number of halogens is 1. The molecule has 0 spiro atoms. The van der Waals surface area contributed by atoms with E-state index in [1.165, 1.54) is 18.3 Å². The number of hydrogen-bond donors (Lipinski definition) is 1. The Morgan fingerprint density at radius 1 is 1.09 bits per heavy atom. The number of aromatic nitrogens is 1. The van der Waals surface area contributed by atoms with Crippen molar-refractivity contribution in [2.75, 3.05) is 0 Å². The Labute approximate surface area is 125 Å². The van der Waals surface area contributed by atoms with Crippen molar-refractivity contribution in [3.8, 4) is 0 Å². The van der Waals surface area contributed by atoms with Gasteiger partial charge in [-0.1, -0.05) is 30.3 Å². The molecule has 1 N–H and O–H groups in total. The van der Waals surface area contributed by atoms with Gasteiger partial charge in [0.15, 0.2) is 0 Å². The van der Waals surface area contributed by atoms with Gasteiger partial charge in [0.05, 0.1) is 5.56 Å². The van der Waals surface area contributed by atoms with Gasteiger partial charge in [-0.15, -0.1) is 0 Å². The average molecular weight is 297 g/mol. The number of ether oxygens (including phenoxy) is 1. The standard InChI is InChI=1S/C17H12FNO3/c18-12-6-7-13-14(8-12)15(9-19-16(13)20)17(21)22-10-11-4-2-1-3-5-11/h1-9H,10H2,(H,19,20). The lowest BCUT2D eigenvalue weighted by Gasteiger charge is -2.07. The normalized spacial score (nSPS) is 10.6. The van der Waals surface area contributed by atoms with E-state index in [0.717, 1.165) is 11.6 Å². The van der Waals surface area contributed by atoms with E-state index in [-0.39, 0.29) is 28.5 Å². The molecule has 22 heavy (non-hydrogen) atoms. The van der Waals surface area contributed by atoms with Crippen molar-refractivity contribution in [3.05, 3.63) is 82.0 Å². The van der Waals surface area contributed by atoms with E-state index >= 15 is 0 Å². The van der Waals surface area contributed by atoms with Crippen LogP contribution in [0.4, 0.5) is 4.39 Å². The Bertz CT molecular complexity index is 887. The van der Waals surface area contributed by atoms with E-state index in [1.54, 1.807) is 0 Å². The molecule has 4 nitrogen and oxygen atoms in total. The zero-order valence-corrected chi connectivity index (χ0v) is 11.5. The molecule has 0 unspecified atom stereocenters. The second-order valence-electron chi connectivity index (χ2n) is 4.78. The smallest absolute Gasteiger partial charge is 0.340 e. The first-order chi connectivity index (χ1) is 10.6. The summed E-state index contributed by atoms with van der Waals surface area (Å²) in [5.74, 6) is -1.13. The highest BCUT2D eigenvalue weighted by Crippen LogP contribution is 2.17. The molecule has 3 rings (SSSR count). The van der Waals surface area contributed by atoms with Crippen molar-refractivity contribution in [3.63, 3.8) is 0 Å². The maximum Gasteiger partial charge on any atom is 0.340 e. The van der Waals surface area contributed by atoms with Crippen LogP contribution in [0.2, 0.25) is 0 Å². The van der Waals surface area contributed by atoms with Gasteiger partial charge in [-0.05, 0) is 23.8 Å². The van der Waals surface area contributed by atoms with E-state index in [1.807, 2.05) is 30.3 Å². The van der Waals surface area contributed by atoms with Crippen LogP contribution in [0.1, 0.15) is 15.9 Å². The lowest BCUT2D eigenvalue weighted by Crippen LogP contribution is -2.12. The molecule has 1 aromatic heterocycles. The number of carbonyl (C=O) groups excluding carboxylic acids is 1. The monoisotopic (exact) mass is 297 g/mol. The zero-order valence-electron chi connectivity index (χ0n) is 11.5. The fraction of sp³-hybridized carbons (Fsp3) is 0.0588. The quantitative estimate of drug-likeness (QED) is 0.756. The summed E-state index contributed by atoms with van der Waals surface area (Å²) in [4.78, 5) is 26.4. The van der Waals surface area contributed by atoms with E-state index < -0.39 is 11.8 Å². The van der Waals surface area contributed by atoms with Gasteiger partial charge in [-0.25, -0.2) is 9.18 Å². The number of pyridine rings is 1. The minimum absolute atomic E-state index is 0.107. The van der Waals surface area contributed by atoms with Crippen molar-refractivity contribution < 1.29 is 13.9 Å². The summed E-state index contributed by atoms with van der Waals surface area (Å²) in [5, 5.41) is 0.484. The first-order valence-corrected chi connectivity index (χ1v) is 6.67. The topological polar surface area (TPSA) is 59.2 Å². The Kier molecular flexibility index (Phi) is 3.70. The molecule has 0 atom stereocenters. The summed E-state index contributed by atoms with van der Waals surface area (Å²) in [6.45, 7) is 0.107. The number of fused-ring (bicyclic) bond motifs is 1. The number of H-pyrrole nitrogens is 1. The molecule has 0 radical (unpaired) electrons. The van der Waals surface area contributed by atoms with Gasteiger partial charge in [0.1, 0.15) is 12.4 Å². The highest BCUT2D eigenvalue weighted by atomic mass is 19.1. The number of aromatic amines is 1. The molecule has 3 aromatic rings. The number of carbonyl (C=O) groups is 1. The average Bonchev–Trinajstić information content (AvgIpc) is 2.54. The van der Waals surface area contributed by atoms with Crippen LogP contribution < -0.4 is 5.56 Å². The molecule has 2 aromatic carbocycles. The fourth-order valence-electron chi connectivity index (χ4n) is 2.20. The molecular formula is C17H12FNO3. The van der Waals surface area contributed by atoms with Gasteiger partial charge in [0.2, 0.25) is 0 Å². The van der Waals surface area contributed by atoms with E-state index in [2.05, 4.69) is 4.98 Å². The molecule has 5 heteroatoms. The third-order valence-corrected chi connectivity index (χ3v) is 3.30. The highest BCUT2D eigenvalue weighted by molar-refractivity contribution is 6.03. The largest absolute Gasteiger partial charge is 0.457 e. The van der Waals surface area contributed by atoms with Crippen molar-refractivity contribution >= 4 is 16.7 Å². The van der Waals surface area contributed by atoms with Crippen LogP contribution in [-0.2, 0) is 11.3 Å². The third kappa shape index (κ3) is 2.74. The molecule has 0 bridgehead atoms. The minimum atomic E-state index is -0.615. The molecule has 0 fully saturated rings. The molecule has 110 valence electrons. The Morgan fingerprint density at radius 2 is 1.86 bits per heavy atom. The highest BCUT2D eigenvalue weighted by Gasteiger charge is 2.14. The summed E-state index contributed by atoms with van der Waals surface area (Å²) in [6.07, 6.45) is 1.25. The summed E-state index contributed by atoms with van der Waals surface area (Å²) in [6, 6.07) is 12.9. The SMILES string of the molecule is O=C(OCc1ccccc1)c1c[nH]c(=O)c2ccc(F)cc12. The number of nitrogens with one attached hydrogen (secondary N) is 1. The number of rotatable bonds is 3. The van der Waals surface area contributed by atoms with Crippen molar-refractivity contribution in [1.82, 2.24) is 4.98 Å². The van der Waals surface area contributed by atoms with Crippen LogP contribution in [0.25, 0.3) is 10.8 Å². The number of benzene rings is 2. The maximum absolute atomic E-state index is 13.4. The number of hydrogen-bond acceptors (Lipinski definition) is 3. The summed E-state index contributed by atoms with van der Waals surface area (Å²) in [7, 11) is 0. The van der Waals surface area contributed by atoms with Crippen LogP contribution in [-0.4, -0.2) is 11.0 Å². The third-order valence-electron chi connectivity index (χ3n) is 3.30. The molecule has 1 heterocycles. The number of esters is 1. The molecule has 0 aliphatic carbocycles. The fourth-order valence-corrected chi connectivity index (χ4v) is 2.20. The second-order valence-corrected chi connectivity index (χ2v) is 4.78. The van der Waals surface area contributed by atoms with Gasteiger partial charge in [0, 0.05) is 17.0 Å². The predicted molar refractivity (Wildman–Crippen MR) is 80.1 cm³/mol.